The summed E-state index contributed by atoms with van der Waals surface area (Å²) < 4.78 is 0. The molecule has 104 valence electrons. The fourth-order valence-corrected chi connectivity index (χ4v) is 3.23. The predicted octanol–water partition coefficient (Wildman–Crippen LogP) is 3.45. The predicted molar refractivity (Wildman–Crippen MR) is 79.7 cm³/mol. The van der Waals surface area contributed by atoms with Crippen LogP contribution in [0.3, 0.4) is 0 Å². The molecule has 0 radical (unpaired) electrons. The highest BCUT2D eigenvalue weighted by Crippen LogP contribution is 2.35. The van der Waals surface area contributed by atoms with E-state index in [1.165, 1.54) is 16.3 Å². The van der Waals surface area contributed by atoms with Gasteiger partial charge in [-0.2, -0.15) is 0 Å². The largest absolute Gasteiger partial charge is 0.481 e. The van der Waals surface area contributed by atoms with Crippen molar-refractivity contribution < 1.29 is 9.90 Å². The van der Waals surface area contributed by atoms with Crippen molar-refractivity contribution >= 4 is 16.7 Å². The van der Waals surface area contributed by atoms with Crippen LogP contribution in [0.5, 0.6) is 0 Å². The zero-order valence-corrected chi connectivity index (χ0v) is 11.5. The minimum atomic E-state index is -0.714. The number of hydrogen-bond donors (Lipinski definition) is 1. The number of carbonyl (C=O) groups is 1. The van der Waals surface area contributed by atoms with Crippen LogP contribution in [0.4, 0.5) is 0 Å². The van der Waals surface area contributed by atoms with Crippen LogP contribution in [-0.4, -0.2) is 29.1 Å². The second kappa shape index (κ2) is 5.63. The summed E-state index contributed by atoms with van der Waals surface area (Å²) in [6.07, 6.45) is 2.49. The van der Waals surface area contributed by atoms with Gasteiger partial charge in [0.2, 0.25) is 0 Å². The molecule has 1 aliphatic heterocycles. The van der Waals surface area contributed by atoms with E-state index in [1.807, 2.05) is 0 Å². The summed E-state index contributed by atoms with van der Waals surface area (Å²) >= 11 is 0. The third kappa shape index (κ3) is 2.54. The summed E-state index contributed by atoms with van der Waals surface area (Å²) in [5.74, 6) is -0.714. The van der Waals surface area contributed by atoms with Gasteiger partial charge in [-0.05, 0) is 35.7 Å². The van der Waals surface area contributed by atoms with E-state index in [4.69, 9.17) is 5.11 Å². The van der Waals surface area contributed by atoms with Crippen molar-refractivity contribution in [1.29, 1.82) is 0 Å². The average Bonchev–Trinajstić information content (AvgIpc) is 2.92. The van der Waals surface area contributed by atoms with Gasteiger partial charge in [0, 0.05) is 12.6 Å². The van der Waals surface area contributed by atoms with Gasteiger partial charge in [0.25, 0.3) is 0 Å². The van der Waals surface area contributed by atoms with Crippen molar-refractivity contribution in [2.24, 2.45) is 0 Å². The molecule has 1 N–H and O–H groups in total. The van der Waals surface area contributed by atoms with Crippen molar-refractivity contribution in [3.63, 3.8) is 0 Å². The Morgan fingerprint density at radius 2 is 2.00 bits per heavy atom. The van der Waals surface area contributed by atoms with Gasteiger partial charge in [-0.1, -0.05) is 42.5 Å². The Bertz CT molecular complexity index is 618. The topological polar surface area (TPSA) is 40.5 Å². The summed E-state index contributed by atoms with van der Waals surface area (Å²) in [4.78, 5) is 13.1. The van der Waals surface area contributed by atoms with E-state index in [2.05, 4.69) is 47.4 Å². The van der Waals surface area contributed by atoms with Crippen molar-refractivity contribution in [1.82, 2.24) is 4.90 Å². The van der Waals surface area contributed by atoms with Crippen molar-refractivity contribution in [3.05, 3.63) is 48.0 Å². The molecular weight excluding hydrogens is 250 g/mol. The van der Waals surface area contributed by atoms with E-state index < -0.39 is 5.97 Å². The Kier molecular flexibility index (Phi) is 3.70. The third-order valence-electron chi connectivity index (χ3n) is 4.16. The number of benzene rings is 2. The molecule has 20 heavy (non-hydrogen) atoms. The number of nitrogens with zero attached hydrogens (tertiary/aromatic N) is 1. The first-order valence-electron chi connectivity index (χ1n) is 7.19. The molecule has 1 aliphatic rings. The van der Waals surface area contributed by atoms with E-state index in [-0.39, 0.29) is 6.42 Å². The van der Waals surface area contributed by atoms with Gasteiger partial charge >= 0.3 is 5.97 Å². The molecule has 1 heterocycles. The molecule has 1 atom stereocenters. The molecule has 0 aliphatic carbocycles. The molecule has 3 rings (SSSR count). The van der Waals surface area contributed by atoms with Crippen LogP contribution in [-0.2, 0) is 4.79 Å². The molecule has 0 bridgehead atoms. The average molecular weight is 269 g/mol. The van der Waals surface area contributed by atoms with E-state index >= 15 is 0 Å². The van der Waals surface area contributed by atoms with Gasteiger partial charge in [-0.3, -0.25) is 9.69 Å². The first-order valence-corrected chi connectivity index (χ1v) is 7.19. The van der Waals surface area contributed by atoms with Crippen LogP contribution >= 0.6 is 0 Å². The summed E-state index contributed by atoms with van der Waals surface area (Å²) in [6.45, 7) is 1.64. The Morgan fingerprint density at radius 3 is 2.85 bits per heavy atom. The van der Waals surface area contributed by atoms with E-state index in [0.717, 1.165) is 19.4 Å². The lowest BCUT2D eigenvalue weighted by Crippen LogP contribution is -2.26. The zero-order chi connectivity index (χ0) is 13.9. The quantitative estimate of drug-likeness (QED) is 0.924. The van der Waals surface area contributed by atoms with Crippen molar-refractivity contribution in [2.75, 3.05) is 13.1 Å². The Labute approximate surface area is 118 Å². The highest BCUT2D eigenvalue weighted by molar-refractivity contribution is 5.86. The molecule has 2 aromatic carbocycles. The van der Waals surface area contributed by atoms with Crippen molar-refractivity contribution in [2.45, 2.75) is 25.3 Å². The number of likely N-dealkylation sites (tertiary alicyclic amines) is 1. The van der Waals surface area contributed by atoms with Crippen molar-refractivity contribution in [3.8, 4) is 0 Å². The lowest BCUT2D eigenvalue weighted by Gasteiger charge is -2.25. The fraction of sp³-hybridized carbons (Fsp3) is 0.353. The molecule has 0 aromatic heterocycles. The Balaban J connectivity index is 1.91. The summed E-state index contributed by atoms with van der Waals surface area (Å²) in [5, 5.41) is 11.4. The first kappa shape index (κ1) is 13.1. The number of aliphatic carboxylic acids is 1. The molecular formula is C17H19NO2. The number of fused-ring (bicyclic) bond motifs is 1. The lowest BCUT2D eigenvalue weighted by molar-refractivity contribution is -0.137. The maximum absolute atomic E-state index is 10.8. The standard InChI is InChI=1S/C17H19NO2/c19-17(20)10-12-18-11-4-9-16(18)15-8-3-6-13-5-1-2-7-14(13)15/h1-3,5-8,16H,4,9-12H2,(H,19,20). The second-order valence-corrected chi connectivity index (χ2v) is 5.41. The maximum atomic E-state index is 10.8. The van der Waals surface area contributed by atoms with E-state index in [9.17, 15) is 4.79 Å². The van der Waals surface area contributed by atoms with E-state index in [0.29, 0.717) is 12.6 Å². The van der Waals surface area contributed by atoms with Crippen LogP contribution in [0.25, 0.3) is 10.8 Å². The minimum Gasteiger partial charge on any atom is -0.481 e. The number of hydrogen-bond acceptors (Lipinski definition) is 2. The monoisotopic (exact) mass is 269 g/mol. The van der Waals surface area contributed by atoms with Crippen LogP contribution in [0.15, 0.2) is 42.5 Å². The molecule has 0 amide bonds. The smallest absolute Gasteiger partial charge is 0.304 e. The molecule has 0 saturated carbocycles. The first-order chi connectivity index (χ1) is 9.75. The Hall–Kier alpha value is -1.87. The van der Waals surface area contributed by atoms with Crippen LogP contribution in [0, 0.1) is 0 Å². The fourth-order valence-electron chi connectivity index (χ4n) is 3.23. The van der Waals surface area contributed by atoms with Gasteiger partial charge < -0.3 is 5.11 Å². The van der Waals surface area contributed by atoms with Gasteiger partial charge in [0.1, 0.15) is 0 Å². The third-order valence-corrected chi connectivity index (χ3v) is 4.16. The minimum absolute atomic E-state index is 0.223. The SMILES string of the molecule is O=C(O)CCN1CCCC1c1cccc2ccccc12. The molecule has 1 saturated heterocycles. The summed E-state index contributed by atoms with van der Waals surface area (Å²) in [6, 6.07) is 15.2. The van der Waals surface area contributed by atoms with Crippen LogP contribution in [0.2, 0.25) is 0 Å². The zero-order valence-electron chi connectivity index (χ0n) is 11.5. The van der Waals surface area contributed by atoms with Gasteiger partial charge in [0.05, 0.1) is 6.42 Å². The van der Waals surface area contributed by atoms with Gasteiger partial charge in [0.15, 0.2) is 0 Å². The summed E-state index contributed by atoms with van der Waals surface area (Å²) in [7, 11) is 0. The summed E-state index contributed by atoms with van der Waals surface area (Å²) in [5.41, 5.74) is 1.34. The highest BCUT2D eigenvalue weighted by Gasteiger charge is 2.27. The number of carboxylic acid groups (broad SMARTS) is 1. The molecule has 1 unspecified atom stereocenters. The van der Waals surface area contributed by atoms with Crippen LogP contribution < -0.4 is 0 Å². The lowest BCUT2D eigenvalue weighted by atomic mass is 9.97. The molecule has 3 nitrogen and oxygen atoms in total. The molecule has 3 heteroatoms. The number of rotatable bonds is 4. The van der Waals surface area contributed by atoms with Gasteiger partial charge in [-0.25, -0.2) is 0 Å². The van der Waals surface area contributed by atoms with Gasteiger partial charge in [-0.15, -0.1) is 0 Å². The highest BCUT2D eigenvalue weighted by atomic mass is 16.4. The second-order valence-electron chi connectivity index (χ2n) is 5.41. The molecule has 1 fully saturated rings. The molecule has 2 aromatic rings. The Morgan fingerprint density at radius 1 is 1.20 bits per heavy atom. The maximum Gasteiger partial charge on any atom is 0.304 e. The van der Waals surface area contributed by atoms with E-state index in [1.54, 1.807) is 0 Å². The normalized spacial score (nSPS) is 19.5. The molecule has 0 spiro atoms. The van der Waals surface area contributed by atoms with Crippen LogP contribution in [0.1, 0.15) is 30.9 Å². The number of carboxylic acids is 1.